The Balaban J connectivity index is 0.00000312. The van der Waals surface area contributed by atoms with Crippen molar-refractivity contribution in [1.29, 1.82) is 0 Å². The quantitative estimate of drug-likeness (QED) is 0.751. The van der Waals surface area contributed by atoms with Crippen LogP contribution in [0.25, 0.3) is 0 Å². The van der Waals surface area contributed by atoms with Crippen LogP contribution in [0.4, 0.5) is 0 Å². The molecule has 1 aromatic rings. The normalized spacial score (nSPS) is 18.7. The van der Waals surface area contributed by atoms with Crippen molar-refractivity contribution in [3.63, 3.8) is 0 Å². The fourth-order valence-corrected chi connectivity index (χ4v) is 3.18. The summed E-state index contributed by atoms with van der Waals surface area (Å²) in [6.45, 7) is 7.46. The van der Waals surface area contributed by atoms with Crippen molar-refractivity contribution < 1.29 is 9.53 Å². The van der Waals surface area contributed by atoms with Crippen LogP contribution in [0.5, 0.6) is 0 Å². The highest BCUT2D eigenvalue weighted by Crippen LogP contribution is 2.23. The summed E-state index contributed by atoms with van der Waals surface area (Å²) in [5.41, 5.74) is 6.44. The van der Waals surface area contributed by atoms with Crippen LogP contribution < -0.4 is 11.1 Å². The third-order valence-electron chi connectivity index (χ3n) is 4.49. The summed E-state index contributed by atoms with van der Waals surface area (Å²) in [5, 5.41) is 3.75. The number of nitrogens with two attached hydrogens (primary N) is 1. The average molecular weight is 390 g/mol. The van der Waals surface area contributed by atoms with Crippen LogP contribution in [-0.4, -0.2) is 49.2 Å². The molecule has 0 bridgehead atoms. The van der Waals surface area contributed by atoms with Crippen LogP contribution in [-0.2, 0) is 9.53 Å². The summed E-state index contributed by atoms with van der Waals surface area (Å²) in [6.07, 6.45) is 1.55. The summed E-state index contributed by atoms with van der Waals surface area (Å²) in [6, 6.07) is 7.89. The molecule has 1 aromatic carbocycles. The fraction of sp³-hybridized carbons (Fsp3) is 0.611. The molecule has 1 saturated heterocycles. The van der Waals surface area contributed by atoms with Gasteiger partial charge in [-0.15, -0.1) is 12.4 Å². The van der Waals surface area contributed by atoms with E-state index in [1.165, 1.54) is 0 Å². The molecule has 25 heavy (non-hydrogen) atoms. The van der Waals surface area contributed by atoms with Crippen molar-refractivity contribution in [1.82, 2.24) is 10.2 Å². The molecular formula is C18H29Cl2N3O2. The lowest BCUT2D eigenvalue weighted by atomic mass is 9.96. The number of hydrogen-bond donors (Lipinski definition) is 2. The van der Waals surface area contributed by atoms with Crippen LogP contribution in [0, 0.1) is 0 Å². The second-order valence-corrected chi connectivity index (χ2v) is 7.03. The van der Waals surface area contributed by atoms with Crippen molar-refractivity contribution in [3.8, 4) is 0 Å². The van der Waals surface area contributed by atoms with Crippen LogP contribution >= 0.6 is 24.0 Å². The fourth-order valence-electron chi connectivity index (χ4n) is 3.06. The molecule has 0 saturated carbocycles. The second kappa shape index (κ2) is 10.3. The molecule has 2 atom stereocenters. The minimum absolute atomic E-state index is 0. The Morgan fingerprint density at radius 3 is 2.52 bits per heavy atom. The number of nitrogens with one attached hydrogen (secondary N) is 1. The van der Waals surface area contributed by atoms with E-state index < -0.39 is 5.54 Å². The zero-order chi connectivity index (χ0) is 17.6. The standard InChI is InChI=1S/C18H28ClN3O2.ClH/c1-3-8-18(2,20)17(23)21-13-16(22-9-11-24-12-10-22)14-4-6-15(19)7-5-14;/h4-7,16H,3,8-13,20H2,1-2H3,(H,21,23);1H. The first-order valence-corrected chi connectivity index (χ1v) is 8.96. The van der Waals surface area contributed by atoms with E-state index in [0.29, 0.717) is 31.2 Å². The number of morpholine rings is 1. The first-order chi connectivity index (χ1) is 11.4. The van der Waals surface area contributed by atoms with Crippen molar-refractivity contribution >= 4 is 29.9 Å². The van der Waals surface area contributed by atoms with Crippen LogP contribution in [0.15, 0.2) is 24.3 Å². The van der Waals surface area contributed by atoms with Gasteiger partial charge in [-0.25, -0.2) is 0 Å². The van der Waals surface area contributed by atoms with Gasteiger partial charge in [0.2, 0.25) is 5.91 Å². The molecular weight excluding hydrogens is 361 g/mol. The van der Waals surface area contributed by atoms with E-state index in [-0.39, 0.29) is 24.4 Å². The molecule has 0 aromatic heterocycles. The molecule has 142 valence electrons. The lowest BCUT2D eigenvalue weighted by Crippen LogP contribution is -2.53. The predicted octanol–water partition coefficient (Wildman–Crippen LogP) is 2.77. The van der Waals surface area contributed by atoms with Gasteiger partial charge in [0.1, 0.15) is 0 Å². The van der Waals surface area contributed by atoms with Crippen LogP contribution in [0.3, 0.4) is 0 Å². The zero-order valence-electron chi connectivity index (χ0n) is 15.0. The Kier molecular flexibility index (Phi) is 9.17. The number of rotatable bonds is 7. The maximum atomic E-state index is 12.4. The largest absolute Gasteiger partial charge is 0.379 e. The van der Waals surface area contributed by atoms with E-state index >= 15 is 0 Å². The van der Waals surface area contributed by atoms with Gasteiger partial charge in [0.25, 0.3) is 0 Å². The van der Waals surface area contributed by atoms with Crippen LogP contribution in [0.2, 0.25) is 5.02 Å². The van der Waals surface area contributed by atoms with Crippen molar-refractivity contribution in [2.24, 2.45) is 5.73 Å². The first-order valence-electron chi connectivity index (χ1n) is 8.58. The van der Waals surface area contributed by atoms with Crippen LogP contribution in [0.1, 0.15) is 38.3 Å². The minimum atomic E-state index is -0.829. The third kappa shape index (κ3) is 6.42. The molecule has 1 heterocycles. The molecule has 1 fully saturated rings. The smallest absolute Gasteiger partial charge is 0.239 e. The van der Waals surface area contributed by atoms with Gasteiger partial charge < -0.3 is 15.8 Å². The molecule has 0 aliphatic carbocycles. The molecule has 5 nitrogen and oxygen atoms in total. The maximum absolute atomic E-state index is 12.4. The monoisotopic (exact) mass is 389 g/mol. The van der Waals surface area contributed by atoms with E-state index in [4.69, 9.17) is 22.1 Å². The number of carbonyl (C=O) groups excluding carboxylic acids is 1. The maximum Gasteiger partial charge on any atom is 0.239 e. The number of nitrogens with zero attached hydrogens (tertiary/aromatic N) is 1. The number of halogens is 2. The highest BCUT2D eigenvalue weighted by Gasteiger charge is 2.29. The second-order valence-electron chi connectivity index (χ2n) is 6.59. The van der Waals surface area contributed by atoms with Gasteiger partial charge in [-0.1, -0.05) is 37.1 Å². The SMILES string of the molecule is CCCC(C)(N)C(=O)NCC(c1ccc(Cl)cc1)N1CCOCC1.Cl. The van der Waals surface area contributed by atoms with E-state index in [1.54, 1.807) is 6.92 Å². The third-order valence-corrected chi connectivity index (χ3v) is 4.74. The van der Waals surface area contributed by atoms with E-state index in [0.717, 1.165) is 25.1 Å². The van der Waals surface area contributed by atoms with E-state index in [9.17, 15) is 4.79 Å². The minimum Gasteiger partial charge on any atom is -0.379 e. The van der Waals surface area contributed by atoms with Gasteiger partial charge in [0.15, 0.2) is 0 Å². The van der Waals surface area contributed by atoms with Gasteiger partial charge in [-0.2, -0.15) is 0 Å². The molecule has 3 N–H and O–H groups in total. The summed E-state index contributed by atoms with van der Waals surface area (Å²) in [5.74, 6) is -0.100. The summed E-state index contributed by atoms with van der Waals surface area (Å²) in [7, 11) is 0. The molecule has 1 amide bonds. The summed E-state index contributed by atoms with van der Waals surface area (Å²) < 4.78 is 5.45. The predicted molar refractivity (Wildman–Crippen MR) is 104 cm³/mol. The van der Waals surface area contributed by atoms with Crippen molar-refractivity contribution in [2.45, 2.75) is 38.3 Å². The molecule has 1 aliphatic rings. The Morgan fingerprint density at radius 2 is 1.96 bits per heavy atom. The highest BCUT2D eigenvalue weighted by molar-refractivity contribution is 6.30. The molecule has 1 aliphatic heterocycles. The summed E-state index contributed by atoms with van der Waals surface area (Å²) in [4.78, 5) is 14.8. The number of carbonyl (C=O) groups is 1. The van der Waals surface area contributed by atoms with E-state index in [2.05, 4.69) is 10.2 Å². The Labute approximate surface area is 161 Å². The van der Waals surface area contributed by atoms with Gasteiger partial charge >= 0.3 is 0 Å². The van der Waals surface area contributed by atoms with Gasteiger partial charge in [-0.05, 0) is 31.0 Å². The van der Waals surface area contributed by atoms with Crippen molar-refractivity contribution in [3.05, 3.63) is 34.9 Å². The highest BCUT2D eigenvalue weighted by atomic mass is 35.5. The van der Waals surface area contributed by atoms with Crippen molar-refractivity contribution in [2.75, 3.05) is 32.8 Å². The lowest BCUT2D eigenvalue weighted by molar-refractivity contribution is -0.126. The summed E-state index contributed by atoms with van der Waals surface area (Å²) >= 11 is 6.00. The van der Waals surface area contributed by atoms with Gasteiger partial charge in [0, 0.05) is 24.7 Å². The Hall–Kier alpha value is -0.850. The van der Waals surface area contributed by atoms with Gasteiger partial charge in [-0.3, -0.25) is 9.69 Å². The first kappa shape index (κ1) is 22.2. The number of ether oxygens (including phenoxy) is 1. The molecule has 2 rings (SSSR count). The topological polar surface area (TPSA) is 67.6 Å². The van der Waals surface area contributed by atoms with E-state index in [1.807, 2.05) is 31.2 Å². The number of benzene rings is 1. The molecule has 2 unspecified atom stereocenters. The molecule has 0 radical (unpaired) electrons. The molecule has 7 heteroatoms. The average Bonchev–Trinajstić information content (AvgIpc) is 2.57. The number of hydrogen-bond acceptors (Lipinski definition) is 4. The zero-order valence-corrected chi connectivity index (χ0v) is 16.5. The Bertz CT molecular complexity index is 532. The molecule has 0 spiro atoms. The number of amides is 1. The lowest BCUT2D eigenvalue weighted by Gasteiger charge is -2.35. The van der Waals surface area contributed by atoms with Gasteiger partial charge in [0.05, 0.1) is 24.8 Å². The Morgan fingerprint density at radius 1 is 1.36 bits per heavy atom.